The van der Waals surface area contributed by atoms with Crippen molar-refractivity contribution in [2.45, 2.75) is 56.8 Å². The third-order valence-electron chi connectivity index (χ3n) is 5.01. The maximum atomic E-state index is 12.6. The van der Waals surface area contributed by atoms with E-state index >= 15 is 0 Å². The molecule has 0 aromatic carbocycles. The molecule has 2 fully saturated rings. The lowest BCUT2D eigenvalue weighted by Crippen LogP contribution is -2.52. The molecule has 0 aliphatic heterocycles. The lowest BCUT2D eigenvalue weighted by atomic mass is 9.82. The highest BCUT2D eigenvalue weighted by molar-refractivity contribution is 9.09. The summed E-state index contributed by atoms with van der Waals surface area (Å²) in [7, 11) is 0. The molecule has 5 heteroatoms. The zero-order valence-electron chi connectivity index (χ0n) is 11.5. The van der Waals surface area contributed by atoms with Crippen LogP contribution in [0.25, 0.3) is 0 Å². The first-order valence-corrected chi connectivity index (χ1v) is 8.00. The molecule has 2 bridgehead atoms. The number of hydrogen-bond donors (Lipinski definition) is 2. The quantitative estimate of drug-likeness (QED) is 0.761. The van der Waals surface area contributed by atoms with Crippen molar-refractivity contribution in [3.8, 4) is 0 Å². The van der Waals surface area contributed by atoms with E-state index < -0.39 is 12.0 Å². The Balaban J connectivity index is 2.09. The van der Waals surface area contributed by atoms with Gasteiger partial charge in [-0.05, 0) is 37.5 Å². The van der Waals surface area contributed by atoms with E-state index in [4.69, 9.17) is 0 Å². The van der Waals surface area contributed by atoms with Crippen molar-refractivity contribution < 1.29 is 14.7 Å². The number of carbonyl (C=O) groups is 2. The summed E-state index contributed by atoms with van der Waals surface area (Å²) < 4.78 is 0. The minimum atomic E-state index is -0.933. The standard InChI is InChI=1S/C14H22BrNO3/c1-3-8(2)11(12(17)18)16-13(19)14-5-4-9(7-14)6-10(14)15/h8-11H,3-7H2,1-2H3,(H,16,19)(H,17,18)/t8-,9?,10?,11-,14?/m0/s1. The summed E-state index contributed by atoms with van der Waals surface area (Å²) in [5.74, 6) is -0.424. The third-order valence-corrected chi connectivity index (χ3v) is 6.26. The van der Waals surface area contributed by atoms with Gasteiger partial charge < -0.3 is 10.4 Å². The number of amides is 1. The summed E-state index contributed by atoms with van der Waals surface area (Å²) in [6.07, 6.45) is 4.66. The molecular formula is C14H22BrNO3. The first-order valence-electron chi connectivity index (χ1n) is 7.08. The predicted octanol–water partition coefficient (Wildman–Crippen LogP) is 2.56. The molecule has 2 saturated carbocycles. The van der Waals surface area contributed by atoms with Crippen LogP contribution in [0, 0.1) is 17.3 Å². The number of carboxylic acid groups (broad SMARTS) is 1. The number of carbonyl (C=O) groups excluding carboxylic acids is 1. The number of rotatable bonds is 5. The predicted molar refractivity (Wildman–Crippen MR) is 76.1 cm³/mol. The Morgan fingerprint density at radius 1 is 1.53 bits per heavy atom. The molecule has 1 amide bonds. The summed E-state index contributed by atoms with van der Waals surface area (Å²) in [6, 6.07) is -0.772. The minimum Gasteiger partial charge on any atom is -0.480 e. The number of carboxylic acids is 1. The molecular weight excluding hydrogens is 310 g/mol. The Kier molecular flexibility index (Phi) is 4.23. The number of halogens is 1. The molecule has 19 heavy (non-hydrogen) atoms. The van der Waals surface area contributed by atoms with E-state index in [1.807, 2.05) is 13.8 Å². The molecule has 108 valence electrons. The summed E-state index contributed by atoms with van der Waals surface area (Å²) in [5, 5.41) is 12.1. The Morgan fingerprint density at radius 2 is 2.21 bits per heavy atom. The van der Waals surface area contributed by atoms with Crippen LogP contribution in [0.15, 0.2) is 0 Å². The first kappa shape index (κ1) is 14.8. The fourth-order valence-corrected chi connectivity index (χ4v) is 4.65. The summed E-state index contributed by atoms with van der Waals surface area (Å²) >= 11 is 3.63. The van der Waals surface area contributed by atoms with E-state index in [-0.39, 0.29) is 22.1 Å². The molecule has 2 rings (SSSR count). The van der Waals surface area contributed by atoms with Gasteiger partial charge in [-0.1, -0.05) is 36.2 Å². The molecule has 0 spiro atoms. The van der Waals surface area contributed by atoms with Crippen molar-refractivity contribution in [1.29, 1.82) is 0 Å². The van der Waals surface area contributed by atoms with Crippen LogP contribution in [-0.2, 0) is 9.59 Å². The van der Waals surface area contributed by atoms with E-state index in [1.165, 1.54) is 0 Å². The smallest absolute Gasteiger partial charge is 0.326 e. The van der Waals surface area contributed by atoms with Crippen molar-refractivity contribution in [1.82, 2.24) is 5.32 Å². The van der Waals surface area contributed by atoms with E-state index in [0.29, 0.717) is 5.92 Å². The van der Waals surface area contributed by atoms with Crippen LogP contribution >= 0.6 is 15.9 Å². The van der Waals surface area contributed by atoms with Gasteiger partial charge in [-0.25, -0.2) is 4.79 Å². The van der Waals surface area contributed by atoms with Gasteiger partial charge in [0.1, 0.15) is 6.04 Å². The number of nitrogens with one attached hydrogen (secondary N) is 1. The van der Waals surface area contributed by atoms with Gasteiger partial charge >= 0.3 is 5.97 Å². The Bertz CT molecular complexity index is 387. The monoisotopic (exact) mass is 331 g/mol. The average molecular weight is 332 g/mol. The fourth-order valence-electron chi connectivity index (χ4n) is 3.50. The second kappa shape index (κ2) is 5.43. The molecule has 0 aromatic rings. The van der Waals surface area contributed by atoms with Crippen LogP contribution in [0.1, 0.15) is 46.0 Å². The van der Waals surface area contributed by atoms with Gasteiger partial charge in [-0.3, -0.25) is 4.79 Å². The van der Waals surface area contributed by atoms with E-state index in [2.05, 4.69) is 21.2 Å². The van der Waals surface area contributed by atoms with Crippen molar-refractivity contribution in [3.05, 3.63) is 0 Å². The number of fused-ring (bicyclic) bond motifs is 2. The molecule has 0 heterocycles. The molecule has 3 unspecified atom stereocenters. The van der Waals surface area contributed by atoms with Crippen LogP contribution in [0.4, 0.5) is 0 Å². The second-order valence-corrected chi connectivity index (χ2v) is 7.25. The molecule has 0 radical (unpaired) electrons. The average Bonchev–Trinajstić information content (AvgIpc) is 2.92. The summed E-state index contributed by atoms with van der Waals surface area (Å²) in [6.45, 7) is 3.81. The van der Waals surface area contributed by atoms with Crippen LogP contribution in [-0.4, -0.2) is 27.9 Å². The summed E-state index contributed by atoms with van der Waals surface area (Å²) in [5.41, 5.74) is -0.369. The van der Waals surface area contributed by atoms with Crippen LogP contribution < -0.4 is 5.32 Å². The zero-order chi connectivity index (χ0) is 14.2. The lowest BCUT2D eigenvalue weighted by molar-refractivity contribution is -0.145. The van der Waals surface area contributed by atoms with Gasteiger partial charge in [0.25, 0.3) is 0 Å². The fraction of sp³-hybridized carbons (Fsp3) is 0.857. The largest absolute Gasteiger partial charge is 0.480 e. The van der Waals surface area contributed by atoms with E-state index in [9.17, 15) is 14.7 Å². The molecule has 0 saturated heterocycles. The van der Waals surface area contributed by atoms with Crippen LogP contribution in [0.5, 0.6) is 0 Å². The highest BCUT2D eigenvalue weighted by atomic mass is 79.9. The topological polar surface area (TPSA) is 66.4 Å². The highest BCUT2D eigenvalue weighted by Crippen LogP contribution is 2.57. The van der Waals surface area contributed by atoms with Gasteiger partial charge in [-0.15, -0.1) is 0 Å². The number of hydrogen-bond acceptors (Lipinski definition) is 2. The lowest BCUT2D eigenvalue weighted by Gasteiger charge is -2.32. The normalized spacial score (nSPS) is 35.9. The van der Waals surface area contributed by atoms with Crippen molar-refractivity contribution in [2.75, 3.05) is 0 Å². The van der Waals surface area contributed by atoms with Crippen molar-refractivity contribution in [2.24, 2.45) is 17.3 Å². The van der Waals surface area contributed by atoms with Crippen LogP contribution in [0.3, 0.4) is 0 Å². The molecule has 2 aliphatic rings. The third kappa shape index (κ3) is 2.54. The van der Waals surface area contributed by atoms with Crippen molar-refractivity contribution >= 4 is 27.8 Å². The second-order valence-electron chi connectivity index (χ2n) is 6.14. The molecule has 0 aromatic heterocycles. The van der Waals surface area contributed by atoms with Gasteiger partial charge in [0.15, 0.2) is 0 Å². The van der Waals surface area contributed by atoms with E-state index in [1.54, 1.807) is 0 Å². The summed E-state index contributed by atoms with van der Waals surface area (Å²) in [4.78, 5) is 24.1. The van der Waals surface area contributed by atoms with Gasteiger partial charge in [0, 0.05) is 4.83 Å². The minimum absolute atomic E-state index is 0.0507. The maximum absolute atomic E-state index is 12.6. The molecule has 5 atom stereocenters. The van der Waals surface area contributed by atoms with Crippen LogP contribution in [0.2, 0.25) is 0 Å². The Hall–Kier alpha value is -0.580. The van der Waals surface area contributed by atoms with Gasteiger partial charge in [0.05, 0.1) is 5.41 Å². The van der Waals surface area contributed by atoms with Gasteiger partial charge in [0.2, 0.25) is 5.91 Å². The zero-order valence-corrected chi connectivity index (χ0v) is 13.1. The van der Waals surface area contributed by atoms with Crippen molar-refractivity contribution in [3.63, 3.8) is 0 Å². The van der Waals surface area contributed by atoms with E-state index in [0.717, 1.165) is 32.1 Å². The molecule has 2 aliphatic carbocycles. The Morgan fingerprint density at radius 3 is 2.63 bits per heavy atom. The van der Waals surface area contributed by atoms with Gasteiger partial charge in [-0.2, -0.15) is 0 Å². The first-order chi connectivity index (χ1) is 8.90. The Labute approximate surface area is 122 Å². The molecule has 4 nitrogen and oxygen atoms in total. The maximum Gasteiger partial charge on any atom is 0.326 e. The molecule has 2 N–H and O–H groups in total. The SMILES string of the molecule is CC[C@H](C)[C@H](NC(=O)C12CCC(CC1Br)C2)C(=O)O. The number of aliphatic carboxylic acids is 1. The highest BCUT2D eigenvalue weighted by Gasteiger charge is 2.56. The number of alkyl halides is 1.